The van der Waals surface area contributed by atoms with Crippen LogP contribution in [0.2, 0.25) is 0 Å². The van der Waals surface area contributed by atoms with E-state index in [1.807, 2.05) is 20.8 Å². The van der Waals surface area contributed by atoms with E-state index in [9.17, 15) is 4.79 Å². The Labute approximate surface area is 80.6 Å². The molecule has 0 saturated heterocycles. The Hall–Kier alpha value is -0.570. The number of hydrogen-bond acceptors (Lipinski definition) is 3. The zero-order valence-electron chi connectivity index (χ0n) is 8.88. The second-order valence-electron chi connectivity index (χ2n) is 3.86. The predicted octanol–water partition coefficient (Wildman–Crippen LogP) is 1.56. The van der Waals surface area contributed by atoms with Crippen LogP contribution >= 0.6 is 0 Å². The van der Waals surface area contributed by atoms with Gasteiger partial charge < -0.3 is 10.5 Å². The summed E-state index contributed by atoms with van der Waals surface area (Å²) in [5.74, 6) is 0.301. The summed E-state index contributed by atoms with van der Waals surface area (Å²) < 4.78 is 5.08. The summed E-state index contributed by atoms with van der Waals surface area (Å²) in [6, 6.07) is 0. The van der Waals surface area contributed by atoms with Crippen molar-refractivity contribution < 1.29 is 9.53 Å². The minimum Gasteiger partial charge on any atom is -0.465 e. The molecule has 0 aliphatic heterocycles. The van der Waals surface area contributed by atoms with Gasteiger partial charge >= 0.3 is 5.97 Å². The van der Waals surface area contributed by atoms with Gasteiger partial charge in [-0.05, 0) is 25.3 Å². The van der Waals surface area contributed by atoms with Gasteiger partial charge in [0.25, 0.3) is 0 Å². The maximum absolute atomic E-state index is 11.3. The lowest BCUT2D eigenvalue weighted by Crippen LogP contribution is -2.18. The number of carbonyl (C=O) groups excluding carboxylic acids is 1. The molecule has 0 fully saturated rings. The molecule has 0 aromatic carbocycles. The highest BCUT2D eigenvalue weighted by Gasteiger charge is 2.13. The standard InChI is InChI=1S/C10H21NO2/c1-8(2)7-13-10(12)9(3)5-4-6-11/h8-9H,4-7,11H2,1-3H3. The molecular formula is C10H21NO2. The van der Waals surface area contributed by atoms with Crippen molar-refractivity contribution >= 4 is 5.97 Å². The first-order chi connectivity index (χ1) is 6.07. The van der Waals surface area contributed by atoms with Crippen LogP contribution in [-0.2, 0) is 9.53 Å². The normalized spacial score (nSPS) is 13.0. The lowest BCUT2D eigenvalue weighted by molar-refractivity contribution is -0.149. The number of esters is 1. The van der Waals surface area contributed by atoms with E-state index in [0.29, 0.717) is 19.1 Å². The number of carbonyl (C=O) groups is 1. The number of ether oxygens (including phenoxy) is 1. The van der Waals surface area contributed by atoms with Gasteiger partial charge in [0, 0.05) is 0 Å². The maximum Gasteiger partial charge on any atom is 0.308 e. The van der Waals surface area contributed by atoms with E-state index in [0.717, 1.165) is 12.8 Å². The van der Waals surface area contributed by atoms with Gasteiger partial charge in [-0.15, -0.1) is 0 Å². The second kappa shape index (κ2) is 6.89. The summed E-state index contributed by atoms with van der Waals surface area (Å²) in [5.41, 5.74) is 5.35. The van der Waals surface area contributed by atoms with E-state index in [-0.39, 0.29) is 11.9 Å². The molecule has 13 heavy (non-hydrogen) atoms. The average Bonchev–Trinajstić information content (AvgIpc) is 2.10. The first-order valence-electron chi connectivity index (χ1n) is 4.94. The van der Waals surface area contributed by atoms with Gasteiger partial charge in [-0.2, -0.15) is 0 Å². The molecule has 0 spiro atoms. The van der Waals surface area contributed by atoms with E-state index in [1.165, 1.54) is 0 Å². The third-order valence-electron chi connectivity index (χ3n) is 1.80. The van der Waals surface area contributed by atoms with Crippen molar-refractivity contribution in [2.45, 2.75) is 33.6 Å². The summed E-state index contributed by atoms with van der Waals surface area (Å²) in [6.07, 6.45) is 1.71. The van der Waals surface area contributed by atoms with Crippen molar-refractivity contribution in [3.63, 3.8) is 0 Å². The monoisotopic (exact) mass is 187 g/mol. The molecular weight excluding hydrogens is 166 g/mol. The lowest BCUT2D eigenvalue weighted by atomic mass is 10.1. The van der Waals surface area contributed by atoms with E-state index in [1.54, 1.807) is 0 Å². The molecule has 78 valence electrons. The summed E-state index contributed by atoms with van der Waals surface area (Å²) in [5, 5.41) is 0. The molecule has 0 saturated carbocycles. The highest BCUT2D eigenvalue weighted by atomic mass is 16.5. The van der Waals surface area contributed by atoms with Gasteiger partial charge in [0.15, 0.2) is 0 Å². The van der Waals surface area contributed by atoms with Gasteiger partial charge in [-0.25, -0.2) is 0 Å². The Morgan fingerprint density at radius 1 is 1.38 bits per heavy atom. The molecule has 1 unspecified atom stereocenters. The smallest absolute Gasteiger partial charge is 0.308 e. The Morgan fingerprint density at radius 2 is 2.00 bits per heavy atom. The minimum atomic E-state index is -0.0952. The molecule has 0 rings (SSSR count). The Bertz CT molecular complexity index is 146. The SMILES string of the molecule is CC(C)COC(=O)C(C)CCCN. The van der Waals surface area contributed by atoms with Crippen molar-refractivity contribution in [2.24, 2.45) is 17.6 Å². The minimum absolute atomic E-state index is 0.0118. The Morgan fingerprint density at radius 3 is 2.46 bits per heavy atom. The third-order valence-corrected chi connectivity index (χ3v) is 1.80. The summed E-state index contributed by atoms with van der Waals surface area (Å²) >= 11 is 0. The van der Waals surface area contributed by atoms with Crippen molar-refractivity contribution in [3.05, 3.63) is 0 Å². The van der Waals surface area contributed by atoms with Crippen LogP contribution in [-0.4, -0.2) is 19.1 Å². The van der Waals surface area contributed by atoms with Gasteiger partial charge in [0.05, 0.1) is 12.5 Å². The van der Waals surface area contributed by atoms with Crippen molar-refractivity contribution in [1.82, 2.24) is 0 Å². The molecule has 1 atom stereocenters. The van der Waals surface area contributed by atoms with Crippen LogP contribution in [0.15, 0.2) is 0 Å². The molecule has 0 radical (unpaired) electrons. The molecule has 0 bridgehead atoms. The fraction of sp³-hybridized carbons (Fsp3) is 0.900. The third kappa shape index (κ3) is 6.58. The largest absolute Gasteiger partial charge is 0.465 e. The summed E-state index contributed by atoms with van der Waals surface area (Å²) in [6.45, 7) is 7.10. The predicted molar refractivity (Wildman–Crippen MR) is 53.2 cm³/mol. The van der Waals surface area contributed by atoms with Crippen LogP contribution in [0.1, 0.15) is 33.6 Å². The second-order valence-corrected chi connectivity index (χ2v) is 3.86. The zero-order chi connectivity index (χ0) is 10.3. The molecule has 3 nitrogen and oxygen atoms in total. The molecule has 0 aliphatic carbocycles. The quantitative estimate of drug-likeness (QED) is 0.642. The molecule has 2 N–H and O–H groups in total. The van der Waals surface area contributed by atoms with Crippen LogP contribution in [0.5, 0.6) is 0 Å². The molecule has 0 aromatic rings. The van der Waals surface area contributed by atoms with Gasteiger partial charge in [-0.3, -0.25) is 4.79 Å². The molecule has 0 aliphatic rings. The van der Waals surface area contributed by atoms with Gasteiger partial charge in [0.2, 0.25) is 0 Å². The highest BCUT2D eigenvalue weighted by molar-refractivity contribution is 5.71. The van der Waals surface area contributed by atoms with Gasteiger partial charge in [0.1, 0.15) is 0 Å². The average molecular weight is 187 g/mol. The molecule has 0 heterocycles. The lowest BCUT2D eigenvalue weighted by Gasteiger charge is -2.12. The van der Waals surface area contributed by atoms with Crippen molar-refractivity contribution in [2.75, 3.05) is 13.2 Å². The van der Waals surface area contributed by atoms with Gasteiger partial charge in [-0.1, -0.05) is 20.8 Å². The first kappa shape index (κ1) is 12.4. The topological polar surface area (TPSA) is 52.3 Å². The van der Waals surface area contributed by atoms with Crippen molar-refractivity contribution in [3.8, 4) is 0 Å². The maximum atomic E-state index is 11.3. The molecule has 3 heteroatoms. The van der Waals surface area contributed by atoms with Crippen molar-refractivity contribution in [1.29, 1.82) is 0 Å². The van der Waals surface area contributed by atoms with Crippen LogP contribution in [0.4, 0.5) is 0 Å². The first-order valence-corrected chi connectivity index (χ1v) is 4.94. The number of nitrogens with two attached hydrogens (primary N) is 1. The summed E-state index contributed by atoms with van der Waals surface area (Å²) in [7, 11) is 0. The fourth-order valence-electron chi connectivity index (χ4n) is 0.933. The molecule has 0 amide bonds. The Balaban J connectivity index is 3.57. The zero-order valence-corrected chi connectivity index (χ0v) is 8.88. The number of rotatable bonds is 6. The van der Waals surface area contributed by atoms with E-state index < -0.39 is 0 Å². The molecule has 0 aromatic heterocycles. The van der Waals surface area contributed by atoms with E-state index in [4.69, 9.17) is 10.5 Å². The van der Waals surface area contributed by atoms with E-state index in [2.05, 4.69) is 0 Å². The number of hydrogen-bond donors (Lipinski definition) is 1. The van der Waals surface area contributed by atoms with Crippen LogP contribution in [0.3, 0.4) is 0 Å². The summed E-state index contributed by atoms with van der Waals surface area (Å²) in [4.78, 5) is 11.3. The van der Waals surface area contributed by atoms with E-state index >= 15 is 0 Å². The Kier molecular flexibility index (Phi) is 6.59. The highest BCUT2D eigenvalue weighted by Crippen LogP contribution is 2.07. The fourth-order valence-corrected chi connectivity index (χ4v) is 0.933. The van der Waals surface area contributed by atoms with Crippen LogP contribution < -0.4 is 5.73 Å². The van der Waals surface area contributed by atoms with Crippen LogP contribution in [0, 0.1) is 11.8 Å². The van der Waals surface area contributed by atoms with Crippen LogP contribution in [0.25, 0.3) is 0 Å².